The standard InChI is InChI=1S/C16H18FNO/c1-11-3-4-12(2)16(9-11)19-10-15(18)13-5-7-14(17)8-6-13/h3-9,15H,10,18H2,1-2H3. The van der Waals surface area contributed by atoms with Crippen molar-refractivity contribution in [2.45, 2.75) is 19.9 Å². The highest BCUT2D eigenvalue weighted by atomic mass is 19.1. The lowest BCUT2D eigenvalue weighted by molar-refractivity contribution is 0.288. The fourth-order valence-corrected chi connectivity index (χ4v) is 1.85. The first-order valence-corrected chi connectivity index (χ1v) is 6.27. The zero-order valence-corrected chi connectivity index (χ0v) is 11.2. The second kappa shape index (κ2) is 5.85. The Morgan fingerprint density at radius 1 is 1.11 bits per heavy atom. The van der Waals surface area contributed by atoms with Crippen LogP contribution < -0.4 is 10.5 Å². The molecule has 0 aliphatic rings. The van der Waals surface area contributed by atoms with E-state index in [1.807, 2.05) is 32.0 Å². The van der Waals surface area contributed by atoms with Crippen molar-refractivity contribution in [3.05, 3.63) is 65.0 Å². The minimum atomic E-state index is -0.263. The topological polar surface area (TPSA) is 35.2 Å². The lowest BCUT2D eigenvalue weighted by atomic mass is 10.1. The molecule has 0 radical (unpaired) electrons. The fourth-order valence-electron chi connectivity index (χ4n) is 1.85. The van der Waals surface area contributed by atoms with Crippen LogP contribution in [0.25, 0.3) is 0 Å². The Kier molecular flexibility index (Phi) is 4.17. The third-order valence-electron chi connectivity index (χ3n) is 3.06. The maximum absolute atomic E-state index is 12.8. The number of hydrogen-bond donors (Lipinski definition) is 1. The molecule has 2 aromatic rings. The van der Waals surface area contributed by atoms with Gasteiger partial charge in [0.05, 0.1) is 6.04 Å². The van der Waals surface area contributed by atoms with Crippen molar-refractivity contribution in [1.82, 2.24) is 0 Å². The van der Waals surface area contributed by atoms with Gasteiger partial charge in [-0.2, -0.15) is 0 Å². The number of nitrogens with two attached hydrogens (primary N) is 1. The maximum Gasteiger partial charge on any atom is 0.123 e. The second-order valence-corrected chi connectivity index (χ2v) is 4.74. The predicted molar refractivity (Wildman–Crippen MR) is 74.7 cm³/mol. The zero-order chi connectivity index (χ0) is 13.8. The molecule has 1 atom stereocenters. The first-order valence-electron chi connectivity index (χ1n) is 6.27. The van der Waals surface area contributed by atoms with Crippen molar-refractivity contribution < 1.29 is 9.13 Å². The highest BCUT2D eigenvalue weighted by molar-refractivity contribution is 5.36. The minimum Gasteiger partial charge on any atom is -0.491 e. The van der Waals surface area contributed by atoms with E-state index in [1.54, 1.807) is 12.1 Å². The van der Waals surface area contributed by atoms with Crippen LogP contribution in [0.4, 0.5) is 4.39 Å². The van der Waals surface area contributed by atoms with E-state index in [4.69, 9.17) is 10.5 Å². The molecule has 2 nitrogen and oxygen atoms in total. The van der Waals surface area contributed by atoms with Crippen LogP contribution >= 0.6 is 0 Å². The van der Waals surface area contributed by atoms with Crippen molar-refractivity contribution in [1.29, 1.82) is 0 Å². The monoisotopic (exact) mass is 259 g/mol. The second-order valence-electron chi connectivity index (χ2n) is 4.74. The molecule has 0 saturated heterocycles. The van der Waals surface area contributed by atoms with E-state index in [9.17, 15) is 4.39 Å². The zero-order valence-electron chi connectivity index (χ0n) is 11.2. The number of hydrogen-bond acceptors (Lipinski definition) is 2. The van der Waals surface area contributed by atoms with Crippen LogP contribution in [-0.2, 0) is 0 Å². The Hall–Kier alpha value is -1.87. The van der Waals surface area contributed by atoms with Gasteiger partial charge in [0, 0.05) is 0 Å². The highest BCUT2D eigenvalue weighted by Gasteiger charge is 2.08. The molecule has 0 spiro atoms. The molecule has 0 aliphatic carbocycles. The van der Waals surface area contributed by atoms with Gasteiger partial charge in [-0.3, -0.25) is 0 Å². The first-order chi connectivity index (χ1) is 9.06. The van der Waals surface area contributed by atoms with E-state index in [0.29, 0.717) is 6.61 Å². The van der Waals surface area contributed by atoms with Gasteiger partial charge in [0.1, 0.15) is 18.2 Å². The summed E-state index contributed by atoms with van der Waals surface area (Å²) in [4.78, 5) is 0. The number of ether oxygens (including phenoxy) is 1. The molecule has 0 bridgehead atoms. The van der Waals surface area contributed by atoms with E-state index >= 15 is 0 Å². The summed E-state index contributed by atoms with van der Waals surface area (Å²) < 4.78 is 18.6. The number of aryl methyl sites for hydroxylation is 2. The summed E-state index contributed by atoms with van der Waals surface area (Å²) in [7, 11) is 0. The van der Waals surface area contributed by atoms with Crippen molar-refractivity contribution in [2.24, 2.45) is 5.73 Å². The Morgan fingerprint density at radius 3 is 2.47 bits per heavy atom. The molecule has 2 rings (SSSR count). The van der Waals surface area contributed by atoms with Gasteiger partial charge in [-0.05, 0) is 48.7 Å². The van der Waals surface area contributed by atoms with E-state index < -0.39 is 0 Å². The summed E-state index contributed by atoms with van der Waals surface area (Å²) in [6.45, 7) is 4.39. The lowest BCUT2D eigenvalue weighted by Crippen LogP contribution is -2.19. The molecule has 0 aliphatic heterocycles. The molecule has 100 valence electrons. The smallest absolute Gasteiger partial charge is 0.123 e. The molecule has 19 heavy (non-hydrogen) atoms. The third kappa shape index (κ3) is 3.55. The van der Waals surface area contributed by atoms with E-state index in [2.05, 4.69) is 0 Å². The molecule has 3 heteroatoms. The first kappa shape index (κ1) is 13.6. The van der Waals surface area contributed by atoms with Crippen LogP contribution in [0.3, 0.4) is 0 Å². The Morgan fingerprint density at radius 2 is 1.79 bits per heavy atom. The lowest BCUT2D eigenvalue weighted by Gasteiger charge is -2.15. The molecular formula is C16H18FNO. The van der Waals surface area contributed by atoms with Crippen molar-refractivity contribution in [2.75, 3.05) is 6.61 Å². The largest absolute Gasteiger partial charge is 0.491 e. The summed E-state index contributed by atoms with van der Waals surface area (Å²) in [6, 6.07) is 12.0. The summed E-state index contributed by atoms with van der Waals surface area (Å²) in [5.74, 6) is 0.587. The van der Waals surface area contributed by atoms with Gasteiger partial charge in [0.25, 0.3) is 0 Å². The quantitative estimate of drug-likeness (QED) is 0.911. The summed E-state index contributed by atoms with van der Waals surface area (Å²) in [5, 5.41) is 0. The van der Waals surface area contributed by atoms with Gasteiger partial charge < -0.3 is 10.5 Å². The van der Waals surface area contributed by atoms with Gasteiger partial charge in [-0.1, -0.05) is 24.3 Å². The molecule has 0 heterocycles. The third-order valence-corrected chi connectivity index (χ3v) is 3.06. The van der Waals surface area contributed by atoms with Gasteiger partial charge in [0.15, 0.2) is 0 Å². The molecule has 0 saturated carbocycles. The summed E-state index contributed by atoms with van der Waals surface area (Å²) in [6.07, 6.45) is 0. The average Bonchev–Trinajstić information content (AvgIpc) is 2.40. The van der Waals surface area contributed by atoms with E-state index in [-0.39, 0.29) is 11.9 Å². The minimum absolute atomic E-state index is 0.258. The van der Waals surface area contributed by atoms with Crippen LogP contribution in [-0.4, -0.2) is 6.61 Å². The summed E-state index contributed by atoms with van der Waals surface area (Å²) >= 11 is 0. The van der Waals surface area contributed by atoms with E-state index in [0.717, 1.165) is 22.4 Å². The van der Waals surface area contributed by atoms with Crippen molar-refractivity contribution in [3.8, 4) is 5.75 Å². The SMILES string of the molecule is Cc1ccc(C)c(OCC(N)c2ccc(F)cc2)c1. The van der Waals surface area contributed by atoms with Crippen LogP contribution in [0.5, 0.6) is 5.75 Å². The van der Waals surface area contributed by atoms with Gasteiger partial charge >= 0.3 is 0 Å². The van der Waals surface area contributed by atoms with Gasteiger partial charge in [0.2, 0.25) is 0 Å². The highest BCUT2D eigenvalue weighted by Crippen LogP contribution is 2.21. The summed E-state index contributed by atoms with van der Waals surface area (Å²) in [5.41, 5.74) is 9.13. The Bertz CT molecular complexity index is 551. The predicted octanol–water partition coefficient (Wildman–Crippen LogP) is 3.52. The van der Waals surface area contributed by atoms with Crippen molar-refractivity contribution >= 4 is 0 Å². The Labute approximate surface area is 113 Å². The number of halogens is 1. The average molecular weight is 259 g/mol. The molecular weight excluding hydrogens is 241 g/mol. The molecule has 0 amide bonds. The van der Waals surface area contributed by atoms with Crippen LogP contribution in [0.1, 0.15) is 22.7 Å². The normalized spacial score (nSPS) is 12.2. The van der Waals surface area contributed by atoms with Gasteiger partial charge in [-0.25, -0.2) is 4.39 Å². The Balaban J connectivity index is 2.02. The molecule has 0 fully saturated rings. The molecule has 1 unspecified atom stereocenters. The van der Waals surface area contributed by atoms with Crippen LogP contribution in [0.15, 0.2) is 42.5 Å². The molecule has 0 aromatic heterocycles. The number of rotatable bonds is 4. The fraction of sp³-hybridized carbons (Fsp3) is 0.250. The maximum atomic E-state index is 12.8. The molecule has 2 N–H and O–H groups in total. The van der Waals surface area contributed by atoms with E-state index in [1.165, 1.54) is 12.1 Å². The van der Waals surface area contributed by atoms with Gasteiger partial charge in [-0.15, -0.1) is 0 Å². The van der Waals surface area contributed by atoms with Crippen LogP contribution in [0, 0.1) is 19.7 Å². The number of benzene rings is 2. The van der Waals surface area contributed by atoms with Crippen molar-refractivity contribution in [3.63, 3.8) is 0 Å². The molecule has 2 aromatic carbocycles. The van der Waals surface area contributed by atoms with Crippen LogP contribution in [0.2, 0.25) is 0 Å².